The lowest BCUT2D eigenvalue weighted by Crippen LogP contribution is -2.12. The number of amides is 1. The highest BCUT2D eigenvalue weighted by molar-refractivity contribution is 7.89. The number of thiazole rings is 1. The van der Waals surface area contributed by atoms with Crippen molar-refractivity contribution in [3.05, 3.63) is 64.5 Å². The number of hydrogen-bond donors (Lipinski definition) is 1. The van der Waals surface area contributed by atoms with E-state index in [1.165, 1.54) is 23.2 Å². The lowest BCUT2D eigenvalue weighted by Gasteiger charge is -2.05. The van der Waals surface area contributed by atoms with Gasteiger partial charge in [-0.15, -0.1) is 11.3 Å². The van der Waals surface area contributed by atoms with E-state index in [4.69, 9.17) is 4.74 Å². The Labute approximate surface area is 167 Å². The molecule has 3 aromatic rings. The minimum Gasteiger partial charge on any atom is -0.493 e. The molecule has 0 atom stereocenters. The van der Waals surface area contributed by atoms with Gasteiger partial charge in [-0.2, -0.15) is 0 Å². The van der Waals surface area contributed by atoms with Crippen LogP contribution in [0.2, 0.25) is 0 Å². The zero-order chi connectivity index (χ0) is 19.7. The highest BCUT2D eigenvalue weighted by atomic mass is 32.2. The van der Waals surface area contributed by atoms with Crippen LogP contribution in [0.5, 0.6) is 5.75 Å². The van der Waals surface area contributed by atoms with Gasteiger partial charge in [0.05, 0.1) is 18.1 Å². The fourth-order valence-electron chi connectivity index (χ4n) is 3.08. The molecule has 1 N–H and O–H groups in total. The second-order valence-electron chi connectivity index (χ2n) is 6.68. The van der Waals surface area contributed by atoms with Gasteiger partial charge in [-0.25, -0.2) is 13.4 Å². The molecule has 4 rings (SSSR count). The molecule has 0 spiro atoms. The molecule has 0 aliphatic carbocycles. The number of rotatable bonds is 5. The molecule has 1 aliphatic rings. The first kappa shape index (κ1) is 18.6. The zero-order valence-electron chi connectivity index (χ0n) is 15.1. The Hall–Kier alpha value is -2.71. The molecular weight excluding hydrogens is 396 g/mol. The van der Waals surface area contributed by atoms with Crippen LogP contribution in [0.4, 0.5) is 5.13 Å². The number of fused-ring (bicyclic) bond motifs is 1. The third-order valence-electron chi connectivity index (χ3n) is 4.33. The van der Waals surface area contributed by atoms with Gasteiger partial charge in [0, 0.05) is 29.2 Å². The van der Waals surface area contributed by atoms with Gasteiger partial charge in [-0.3, -0.25) is 10.1 Å². The Kier molecular flexibility index (Phi) is 4.91. The third kappa shape index (κ3) is 4.23. The number of carbonyl (C=O) groups excluding carboxylic acids is 1. The van der Waals surface area contributed by atoms with E-state index in [2.05, 4.69) is 16.4 Å². The van der Waals surface area contributed by atoms with Gasteiger partial charge in [0.1, 0.15) is 5.75 Å². The third-order valence-corrected chi connectivity index (χ3v) is 5.94. The SMILES string of the molecule is CS(=O)(=O)Cc1cccc(C(=O)Nc2nc(-c3ccc4c(c3)CCO4)cs2)c1. The maximum absolute atomic E-state index is 12.5. The maximum Gasteiger partial charge on any atom is 0.257 e. The number of sulfone groups is 1. The zero-order valence-corrected chi connectivity index (χ0v) is 16.8. The van der Waals surface area contributed by atoms with E-state index in [0.717, 1.165) is 23.4 Å². The van der Waals surface area contributed by atoms with Gasteiger partial charge in [0.2, 0.25) is 0 Å². The normalized spacial score (nSPS) is 13.0. The number of nitrogens with zero attached hydrogens (tertiary/aromatic N) is 1. The Morgan fingerprint density at radius 1 is 1.25 bits per heavy atom. The number of benzene rings is 2. The van der Waals surface area contributed by atoms with Crippen molar-refractivity contribution in [2.45, 2.75) is 12.2 Å². The number of nitrogens with one attached hydrogen (secondary N) is 1. The van der Waals surface area contributed by atoms with Crippen molar-refractivity contribution in [3.8, 4) is 17.0 Å². The molecule has 0 saturated heterocycles. The Morgan fingerprint density at radius 3 is 2.93 bits per heavy atom. The van der Waals surface area contributed by atoms with E-state index in [9.17, 15) is 13.2 Å². The van der Waals surface area contributed by atoms with Crippen LogP contribution in [0.3, 0.4) is 0 Å². The second kappa shape index (κ2) is 7.37. The van der Waals surface area contributed by atoms with Crippen molar-refractivity contribution in [1.82, 2.24) is 4.98 Å². The molecule has 0 unspecified atom stereocenters. The quantitative estimate of drug-likeness (QED) is 0.690. The second-order valence-corrected chi connectivity index (χ2v) is 9.68. The maximum atomic E-state index is 12.5. The van der Waals surface area contributed by atoms with Gasteiger partial charge in [0.15, 0.2) is 15.0 Å². The van der Waals surface area contributed by atoms with E-state index >= 15 is 0 Å². The number of carbonyl (C=O) groups is 1. The standard InChI is InChI=1S/C20H18N2O4S2/c1-28(24,25)12-13-3-2-4-16(9-13)19(23)22-20-21-17(11-27-20)14-5-6-18-15(10-14)7-8-26-18/h2-6,9-11H,7-8,12H2,1H3,(H,21,22,23). The predicted octanol–water partition coefficient (Wildman–Crippen LogP) is 3.54. The van der Waals surface area contributed by atoms with Gasteiger partial charge in [-0.05, 0) is 41.5 Å². The molecule has 1 aliphatic heterocycles. The minimum absolute atomic E-state index is 0.0996. The van der Waals surface area contributed by atoms with E-state index in [1.807, 2.05) is 17.5 Å². The van der Waals surface area contributed by atoms with Crippen molar-refractivity contribution >= 4 is 32.2 Å². The van der Waals surface area contributed by atoms with Gasteiger partial charge in [0.25, 0.3) is 5.91 Å². The molecule has 0 saturated carbocycles. The number of hydrogen-bond acceptors (Lipinski definition) is 6. The van der Waals surface area contributed by atoms with Crippen molar-refractivity contribution < 1.29 is 17.9 Å². The summed E-state index contributed by atoms with van der Waals surface area (Å²) in [4.78, 5) is 17.0. The van der Waals surface area contributed by atoms with Crippen LogP contribution in [-0.4, -0.2) is 32.2 Å². The number of ether oxygens (including phenoxy) is 1. The molecule has 28 heavy (non-hydrogen) atoms. The van der Waals surface area contributed by atoms with Crippen LogP contribution < -0.4 is 10.1 Å². The van der Waals surface area contributed by atoms with Crippen LogP contribution in [0.15, 0.2) is 47.8 Å². The fraction of sp³-hybridized carbons (Fsp3) is 0.200. The predicted molar refractivity (Wildman–Crippen MR) is 110 cm³/mol. The first-order valence-corrected chi connectivity index (χ1v) is 11.6. The van der Waals surface area contributed by atoms with Gasteiger partial charge >= 0.3 is 0 Å². The van der Waals surface area contributed by atoms with Crippen LogP contribution in [0, 0.1) is 0 Å². The van der Waals surface area contributed by atoms with Crippen molar-refractivity contribution in [3.63, 3.8) is 0 Å². The van der Waals surface area contributed by atoms with E-state index in [1.54, 1.807) is 24.3 Å². The summed E-state index contributed by atoms with van der Waals surface area (Å²) in [5, 5.41) is 5.17. The lowest BCUT2D eigenvalue weighted by atomic mass is 10.1. The Morgan fingerprint density at radius 2 is 2.11 bits per heavy atom. The lowest BCUT2D eigenvalue weighted by molar-refractivity contribution is 0.102. The van der Waals surface area contributed by atoms with Crippen molar-refractivity contribution in [2.75, 3.05) is 18.2 Å². The van der Waals surface area contributed by atoms with E-state index in [0.29, 0.717) is 22.9 Å². The molecule has 0 bridgehead atoms. The van der Waals surface area contributed by atoms with E-state index in [-0.39, 0.29) is 11.7 Å². The monoisotopic (exact) mass is 414 g/mol. The first-order valence-electron chi connectivity index (χ1n) is 8.67. The Bertz CT molecular complexity index is 1150. The highest BCUT2D eigenvalue weighted by Gasteiger charge is 2.15. The molecule has 2 heterocycles. The minimum atomic E-state index is -3.16. The molecule has 0 radical (unpaired) electrons. The molecule has 1 aromatic heterocycles. The van der Waals surface area contributed by atoms with Crippen LogP contribution in [-0.2, 0) is 22.0 Å². The topological polar surface area (TPSA) is 85.4 Å². The van der Waals surface area contributed by atoms with E-state index < -0.39 is 9.84 Å². The average molecular weight is 415 g/mol. The summed E-state index contributed by atoms with van der Waals surface area (Å²) in [6.45, 7) is 0.704. The molecular formula is C20H18N2O4S2. The summed E-state index contributed by atoms with van der Waals surface area (Å²) in [6, 6.07) is 12.6. The molecule has 6 nitrogen and oxygen atoms in total. The number of aromatic nitrogens is 1. The first-order chi connectivity index (χ1) is 13.4. The largest absolute Gasteiger partial charge is 0.493 e. The molecule has 144 valence electrons. The molecule has 2 aromatic carbocycles. The summed E-state index contributed by atoms with van der Waals surface area (Å²) in [7, 11) is -3.16. The van der Waals surface area contributed by atoms with Gasteiger partial charge in [-0.1, -0.05) is 12.1 Å². The molecule has 0 fully saturated rings. The van der Waals surface area contributed by atoms with Gasteiger partial charge < -0.3 is 4.74 Å². The summed E-state index contributed by atoms with van der Waals surface area (Å²) in [5.74, 6) is 0.498. The summed E-state index contributed by atoms with van der Waals surface area (Å²) in [5.41, 5.74) is 3.92. The molecule has 1 amide bonds. The molecule has 8 heteroatoms. The smallest absolute Gasteiger partial charge is 0.257 e. The summed E-state index contributed by atoms with van der Waals surface area (Å²) < 4.78 is 28.5. The van der Waals surface area contributed by atoms with Crippen LogP contribution >= 0.6 is 11.3 Å². The summed E-state index contributed by atoms with van der Waals surface area (Å²) >= 11 is 1.34. The van der Waals surface area contributed by atoms with Crippen molar-refractivity contribution in [2.24, 2.45) is 0 Å². The average Bonchev–Trinajstić information content (AvgIpc) is 3.28. The van der Waals surface area contributed by atoms with Crippen LogP contribution in [0.25, 0.3) is 11.3 Å². The summed E-state index contributed by atoms with van der Waals surface area (Å²) in [6.07, 6.45) is 2.06. The van der Waals surface area contributed by atoms with Crippen LogP contribution in [0.1, 0.15) is 21.5 Å². The fourth-order valence-corrected chi connectivity index (χ4v) is 4.58. The number of anilines is 1. The Balaban J connectivity index is 1.50. The highest BCUT2D eigenvalue weighted by Crippen LogP contribution is 2.32. The van der Waals surface area contributed by atoms with Crippen molar-refractivity contribution in [1.29, 1.82) is 0 Å².